The number of esters is 1. The number of methoxy groups -OCH3 is 1. The number of hydrogen-bond donors (Lipinski definition) is 0. The van der Waals surface area contributed by atoms with Gasteiger partial charge in [0.2, 0.25) is 0 Å². The third-order valence-electron chi connectivity index (χ3n) is 4.77. The van der Waals surface area contributed by atoms with Crippen LogP contribution in [0.2, 0.25) is 0 Å². The molecule has 7 heteroatoms. The first-order chi connectivity index (χ1) is 13.0. The summed E-state index contributed by atoms with van der Waals surface area (Å²) in [5.41, 5.74) is 2.94. The van der Waals surface area contributed by atoms with E-state index < -0.39 is 0 Å². The summed E-state index contributed by atoms with van der Waals surface area (Å²) in [6, 6.07) is 10.4. The lowest BCUT2D eigenvalue weighted by molar-refractivity contribution is -0.0589. The van der Waals surface area contributed by atoms with Gasteiger partial charge in [-0.1, -0.05) is 6.07 Å². The van der Waals surface area contributed by atoms with Crippen molar-refractivity contribution < 1.29 is 18.7 Å². The van der Waals surface area contributed by atoms with Gasteiger partial charge in [0, 0.05) is 13.0 Å². The van der Waals surface area contributed by atoms with Crippen molar-refractivity contribution in [2.75, 3.05) is 13.7 Å². The van der Waals surface area contributed by atoms with Crippen LogP contribution in [0.1, 0.15) is 28.2 Å². The third-order valence-corrected chi connectivity index (χ3v) is 5.42. The largest absolute Gasteiger partial charge is 0.465 e. The molecule has 0 spiro atoms. The van der Waals surface area contributed by atoms with Crippen molar-refractivity contribution in [1.82, 2.24) is 9.55 Å². The molecule has 1 aromatic heterocycles. The summed E-state index contributed by atoms with van der Waals surface area (Å²) in [5.74, 6) is 0.121. The molecule has 0 radical (unpaired) electrons. The molecule has 0 aliphatic carbocycles. The fourth-order valence-corrected chi connectivity index (χ4v) is 3.47. The van der Waals surface area contributed by atoms with Crippen molar-refractivity contribution in [2.45, 2.75) is 25.5 Å². The van der Waals surface area contributed by atoms with Crippen LogP contribution in [0.3, 0.4) is 0 Å². The Balaban J connectivity index is 1.76. The molecule has 1 aliphatic rings. The highest BCUT2D eigenvalue weighted by Gasteiger charge is 2.22. The van der Waals surface area contributed by atoms with Gasteiger partial charge in [-0.3, -0.25) is 0 Å². The molecule has 5 nitrogen and oxygen atoms in total. The highest BCUT2D eigenvalue weighted by molar-refractivity contribution is 9.10. The molecule has 2 heterocycles. The predicted molar refractivity (Wildman–Crippen MR) is 102 cm³/mol. The van der Waals surface area contributed by atoms with E-state index in [4.69, 9.17) is 14.5 Å². The average Bonchev–Trinajstić information content (AvgIpc) is 2.96. The first-order valence-electron chi connectivity index (χ1n) is 8.68. The molecule has 3 aromatic rings. The van der Waals surface area contributed by atoms with Gasteiger partial charge in [0.1, 0.15) is 11.6 Å². The summed E-state index contributed by atoms with van der Waals surface area (Å²) in [6.45, 7) is 1.41. The Morgan fingerprint density at radius 3 is 2.85 bits per heavy atom. The van der Waals surface area contributed by atoms with E-state index in [1.165, 1.54) is 13.2 Å². The molecule has 27 heavy (non-hydrogen) atoms. The van der Waals surface area contributed by atoms with E-state index in [0.717, 1.165) is 35.4 Å². The molecular formula is C20H18BrFN2O3. The number of imidazole rings is 1. The van der Waals surface area contributed by atoms with E-state index in [0.29, 0.717) is 23.0 Å². The highest BCUT2D eigenvalue weighted by atomic mass is 79.9. The Morgan fingerprint density at radius 2 is 2.19 bits per heavy atom. The molecule has 1 fully saturated rings. The van der Waals surface area contributed by atoms with Gasteiger partial charge in [-0.2, -0.15) is 0 Å². The minimum atomic E-state index is -0.388. The van der Waals surface area contributed by atoms with Gasteiger partial charge < -0.3 is 14.0 Å². The normalized spacial score (nSPS) is 16.3. The van der Waals surface area contributed by atoms with E-state index in [2.05, 4.69) is 20.5 Å². The van der Waals surface area contributed by atoms with Crippen molar-refractivity contribution in [3.63, 3.8) is 0 Å². The molecule has 4 rings (SSSR count). The van der Waals surface area contributed by atoms with Crippen LogP contribution in [-0.2, 0) is 22.4 Å². The van der Waals surface area contributed by atoms with E-state index in [1.54, 1.807) is 18.2 Å². The summed E-state index contributed by atoms with van der Waals surface area (Å²) in [7, 11) is 1.36. The zero-order valence-electron chi connectivity index (χ0n) is 14.7. The number of ether oxygens (including phenoxy) is 2. The first-order valence-corrected chi connectivity index (χ1v) is 9.47. The van der Waals surface area contributed by atoms with Gasteiger partial charge in [-0.15, -0.1) is 0 Å². The molecule has 1 unspecified atom stereocenters. The lowest BCUT2D eigenvalue weighted by Gasteiger charge is -2.27. The minimum absolute atomic E-state index is 0.129. The Hall–Kier alpha value is -2.25. The molecule has 2 aromatic carbocycles. The van der Waals surface area contributed by atoms with Gasteiger partial charge in [-0.25, -0.2) is 14.2 Å². The van der Waals surface area contributed by atoms with E-state index >= 15 is 0 Å². The van der Waals surface area contributed by atoms with Crippen LogP contribution in [-0.4, -0.2) is 35.3 Å². The molecule has 1 atom stereocenters. The fourth-order valence-electron chi connectivity index (χ4n) is 3.22. The summed E-state index contributed by atoms with van der Waals surface area (Å²) < 4.78 is 26.8. The molecule has 1 aliphatic heterocycles. The van der Waals surface area contributed by atoms with Crippen molar-refractivity contribution >= 4 is 32.9 Å². The Kier molecular flexibility index (Phi) is 4.97. The van der Waals surface area contributed by atoms with E-state index in [1.807, 2.05) is 12.1 Å². The number of benzene rings is 2. The SMILES string of the molecule is COC(=O)c1ccc2nc(Cc3ccc(Br)c(F)c3)n(CC3CCO3)c2c1. The van der Waals surface area contributed by atoms with Crippen LogP contribution >= 0.6 is 15.9 Å². The third kappa shape index (κ3) is 3.61. The zero-order valence-corrected chi connectivity index (χ0v) is 16.3. The number of carbonyl (C=O) groups is 1. The number of fused-ring (bicyclic) bond motifs is 1. The van der Waals surface area contributed by atoms with Gasteiger partial charge in [0.15, 0.2) is 0 Å². The second-order valence-electron chi connectivity index (χ2n) is 6.54. The van der Waals surface area contributed by atoms with Crippen molar-refractivity contribution in [1.29, 1.82) is 0 Å². The quantitative estimate of drug-likeness (QED) is 0.569. The molecule has 0 amide bonds. The maximum absolute atomic E-state index is 13.9. The highest BCUT2D eigenvalue weighted by Crippen LogP contribution is 2.25. The van der Waals surface area contributed by atoms with Crippen LogP contribution in [0.5, 0.6) is 0 Å². The number of hydrogen-bond acceptors (Lipinski definition) is 4. The fraction of sp³-hybridized carbons (Fsp3) is 0.300. The average molecular weight is 433 g/mol. The monoisotopic (exact) mass is 432 g/mol. The second kappa shape index (κ2) is 7.40. The number of nitrogens with zero attached hydrogens (tertiary/aromatic N) is 2. The minimum Gasteiger partial charge on any atom is -0.465 e. The van der Waals surface area contributed by atoms with Crippen LogP contribution < -0.4 is 0 Å². The molecule has 140 valence electrons. The van der Waals surface area contributed by atoms with Gasteiger partial charge >= 0.3 is 5.97 Å². The van der Waals surface area contributed by atoms with E-state index in [9.17, 15) is 9.18 Å². The van der Waals surface area contributed by atoms with Gasteiger partial charge in [-0.05, 0) is 58.2 Å². The van der Waals surface area contributed by atoms with Crippen LogP contribution in [0.4, 0.5) is 4.39 Å². The molecular weight excluding hydrogens is 415 g/mol. The number of carbonyl (C=O) groups excluding carboxylic acids is 1. The second-order valence-corrected chi connectivity index (χ2v) is 7.39. The van der Waals surface area contributed by atoms with Crippen molar-refractivity contribution in [3.05, 3.63) is 63.6 Å². The lowest BCUT2D eigenvalue weighted by atomic mass is 10.1. The Bertz CT molecular complexity index is 1010. The number of aromatic nitrogens is 2. The van der Waals surface area contributed by atoms with Gasteiger partial charge in [0.05, 0.1) is 40.8 Å². The van der Waals surface area contributed by atoms with E-state index in [-0.39, 0.29) is 17.9 Å². The molecule has 0 N–H and O–H groups in total. The lowest BCUT2D eigenvalue weighted by Crippen LogP contribution is -2.31. The van der Waals surface area contributed by atoms with Crippen molar-refractivity contribution in [3.8, 4) is 0 Å². The summed E-state index contributed by atoms with van der Waals surface area (Å²) >= 11 is 3.18. The summed E-state index contributed by atoms with van der Waals surface area (Å²) in [5, 5.41) is 0. The topological polar surface area (TPSA) is 53.3 Å². The maximum atomic E-state index is 13.9. The summed E-state index contributed by atoms with van der Waals surface area (Å²) in [4.78, 5) is 16.6. The van der Waals surface area contributed by atoms with Crippen molar-refractivity contribution in [2.24, 2.45) is 0 Å². The zero-order chi connectivity index (χ0) is 19.0. The maximum Gasteiger partial charge on any atom is 0.337 e. The Morgan fingerprint density at radius 1 is 1.37 bits per heavy atom. The Labute approximate surface area is 164 Å². The van der Waals surface area contributed by atoms with Crippen LogP contribution in [0, 0.1) is 5.82 Å². The molecule has 0 saturated carbocycles. The number of rotatable bonds is 5. The smallest absolute Gasteiger partial charge is 0.337 e. The van der Waals surface area contributed by atoms with Gasteiger partial charge in [0.25, 0.3) is 0 Å². The summed E-state index contributed by atoms with van der Waals surface area (Å²) in [6.07, 6.45) is 1.60. The molecule has 1 saturated heterocycles. The standard InChI is InChI=1S/C20H18BrFN2O3/c1-26-20(25)13-3-5-17-18(10-13)24(11-14-6-7-27-14)19(23-17)9-12-2-4-15(21)16(22)8-12/h2-5,8,10,14H,6-7,9,11H2,1H3. The van der Waals surface area contributed by atoms with Crippen LogP contribution in [0.25, 0.3) is 11.0 Å². The molecule has 0 bridgehead atoms. The predicted octanol–water partition coefficient (Wildman–Crippen LogP) is 4.10. The first kappa shape index (κ1) is 18.1. The number of halogens is 2. The van der Waals surface area contributed by atoms with Crippen LogP contribution in [0.15, 0.2) is 40.9 Å².